The standard InChI is InChI=1S/C10H9ClN2O3/c11-3-6-5(9(14)10(15)16)1-2-7-8(6)13-4-12-7/h1-2,4,9,14H,3H2,(H,12,13)(H,15,16). The van der Waals surface area contributed by atoms with Crippen LogP contribution in [0.2, 0.25) is 0 Å². The lowest BCUT2D eigenvalue weighted by molar-refractivity contribution is -0.147. The molecule has 5 nitrogen and oxygen atoms in total. The summed E-state index contributed by atoms with van der Waals surface area (Å²) in [7, 11) is 0. The number of rotatable bonds is 3. The molecule has 1 heterocycles. The van der Waals surface area contributed by atoms with Gasteiger partial charge in [0.05, 0.1) is 17.4 Å². The molecule has 1 atom stereocenters. The number of imidazole rings is 1. The number of nitrogens with one attached hydrogen (secondary N) is 1. The monoisotopic (exact) mass is 240 g/mol. The largest absolute Gasteiger partial charge is 0.479 e. The SMILES string of the molecule is O=C(O)C(O)c1ccc2[nH]cnc2c1CCl. The van der Waals surface area contributed by atoms with Crippen molar-refractivity contribution in [2.24, 2.45) is 0 Å². The molecule has 0 aliphatic rings. The highest BCUT2D eigenvalue weighted by molar-refractivity contribution is 6.18. The number of nitrogens with zero attached hydrogens (tertiary/aromatic N) is 1. The van der Waals surface area contributed by atoms with Crippen LogP contribution in [0.4, 0.5) is 0 Å². The van der Waals surface area contributed by atoms with Crippen LogP contribution in [0.1, 0.15) is 17.2 Å². The smallest absolute Gasteiger partial charge is 0.337 e. The van der Waals surface area contributed by atoms with E-state index < -0.39 is 12.1 Å². The van der Waals surface area contributed by atoms with Gasteiger partial charge in [-0.05, 0) is 11.6 Å². The third kappa shape index (κ3) is 1.64. The van der Waals surface area contributed by atoms with Gasteiger partial charge in [0.25, 0.3) is 0 Å². The van der Waals surface area contributed by atoms with E-state index in [1.54, 1.807) is 6.07 Å². The number of halogens is 1. The van der Waals surface area contributed by atoms with Crippen LogP contribution in [0.25, 0.3) is 11.0 Å². The second-order valence-corrected chi connectivity index (χ2v) is 3.57. The van der Waals surface area contributed by atoms with Gasteiger partial charge < -0.3 is 15.2 Å². The highest BCUT2D eigenvalue weighted by Crippen LogP contribution is 2.26. The van der Waals surface area contributed by atoms with Crippen LogP contribution in [-0.4, -0.2) is 26.2 Å². The summed E-state index contributed by atoms with van der Waals surface area (Å²) >= 11 is 5.76. The van der Waals surface area contributed by atoms with Crippen LogP contribution in [0, 0.1) is 0 Å². The maximum atomic E-state index is 10.7. The Morgan fingerprint density at radius 1 is 1.56 bits per heavy atom. The number of carboxylic acid groups (broad SMARTS) is 1. The zero-order chi connectivity index (χ0) is 11.7. The molecule has 0 bridgehead atoms. The molecule has 0 fully saturated rings. The lowest BCUT2D eigenvalue weighted by Gasteiger charge is -2.10. The first-order valence-corrected chi connectivity index (χ1v) is 5.10. The highest BCUT2D eigenvalue weighted by Gasteiger charge is 2.21. The molecule has 0 saturated carbocycles. The quantitative estimate of drug-likeness (QED) is 0.708. The molecule has 84 valence electrons. The van der Waals surface area contributed by atoms with Crippen molar-refractivity contribution in [3.63, 3.8) is 0 Å². The van der Waals surface area contributed by atoms with E-state index >= 15 is 0 Å². The fourth-order valence-corrected chi connectivity index (χ4v) is 1.89. The van der Waals surface area contributed by atoms with Crippen molar-refractivity contribution in [3.8, 4) is 0 Å². The zero-order valence-electron chi connectivity index (χ0n) is 8.14. The van der Waals surface area contributed by atoms with Gasteiger partial charge in [0.2, 0.25) is 0 Å². The second-order valence-electron chi connectivity index (χ2n) is 3.31. The van der Waals surface area contributed by atoms with Gasteiger partial charge in [-0.15, -0.1) is 11.6 Å². The van der Waals surface area contributed by atoms with Crippen molar-refractivity contribution >= 4 is 28.6 Å². The topological polar surface area (TPSA) is 86.2 Å². The average Bonchev–Trinajstić information content (AvgIpc) is 2.74. The number of fused-ring (bicyclic) bond motifs is 1. The first kappa shape index (κ1) is 10.9. The summed E-state index contributed by atoms with van der Waals surface area (Å²) < 4.78 is 0. The van der Waals surface area contributed by atoms with Gasteiger partial charge in [-0.3, -0.25) is 0 Å². The van der Waals surface area contributed by atoms with Crippen molar-refractivity contribution in [2.75, 3.05) is 0 Å². The number of benzene rings is 1. The molecule has 1 aromatic heterocycles. The summed E-state index contributed by atoms with van der Waals surface area (Å²) in [5.74, 6) is -1.21. The molecule has 1 aromatic carbocycles. The first-order valence-electron chi connectivity index (χ1n) is 4.57. The molecule has 6 heteroatoms. The van der Waals surface area contributed by atoms with Gasteiger partial charge in [-0.2, -0.15) is 0 Å². The van der Waals surface area contributed by atoms with Crippen molar-refractivity contribution in [1.82, 2.24) is 9.97 Å². The van der Waals surface area contributed by atoms with E-state index in [9.17, 15) is 9.90 Å². The van der Waals surface area contributed by atoms with Gasteiger partial charge in [0.15, 0.2) is 6.10 Å². The number of hydrogen-bond acceptors (Lipinski definition) is 3. The summed E-state index contributed by atoms with van der Waals surface area (Å²) in [5.41, 5.74) is 2.17. The number of hydrogen-bond donors (Lipinski definition) is 3. The van der Waals surface area contributed by atoms with Gasteiger partial charge in [-0.25, -0.2) is 9.78 Å². The fraction of sp³-hybridized carbons (Fsp3) is 0.200. The lowest BCUT2D eigenvalue weighted by Crippen LogP contribution is -2.12. The maximum absolute atomic E-state index is 10.7. The van der Waals surface area contributed by atoms with Gasteiger partial charge >= 0.3 is 5.97 Å². The van der Waals surface area contributed by atoms with Gasteiger partial charge in [0, 0.05) is 11.4 Å². The fourth-order valence-electron chi connectivity index (χ4n) is 1.61. The Kier molecular flexibility index (Phi) is 2.80. The molecule has 0 saturated heterocycles. The first-order chi connectivity index (χ1) is 7.65. The van der Waals surface area contributed by atoms with Crippen molar-refractivity contribution in [2.45, 2.75) is 12.0 Å². The Hall–Kier alpha value is -1.59. The number of carboxylic acids is 1. The minimum Gasteiger partial charge on any atom is -0.479 e. The highest BCUT2D eigenvalue weighted by atomic mass is 35.5. The summed E-state index contributed by atoms with van der Waals surface area (Å²) in [4.78, 5) is 17.7. The maximum Gasteiger partial charge on any atom is 0.337 e. The van der Waals surface area contributed by atoms with Crippen LogP contribution < -0.4 is 0 Å². The number of carbonyl (C=O) groups is 1. The summed E-state index contributed by atoms with van der Waals surface area (Å²) in [5, 5.41) is 18.3. The van der Waals surface area contributed by atoms with E-state index in [0.29, 0.717) is 11.1 Å². The van der Waals surface area contributed by atoms with E-state index in [-0.39, 0.29) is 11.4 Å². The molecule has 16 heavy (non-hydrogen) atoms. The molecule has 0 spiro atoms. The van der Waals surface area contributed by atoms with Gasteiger partial charge in [0.1, 0.15) is 0 Å². The molecule has 0 aliphatic heterocycles. The van der Waals surface area contributed by atoms with E-state index in [4.69, 9.17) is 16.7 Å². The predicted octanol–water partition coefficient (Wildman–Crippen LogP) is 1.42. The average molecular weight is 241 g/mol. The van der Waals surface area contributed by atoms with E-state index in [1.165, 1.54) is 12.4 Å². The summed E-state index contributed by atoms with van der Waals surface area (Å²) in [6, 6.07) is 3.21. The molecule has 0 amide bonds. The molecule has 0 aliphatic carbocycles. The Balaban J connectivity index is 2.64. The summed E-state index contributed by atoms with van der Waals surface area (Å²) in [6.07, 6.45) is -0.0766. The van der Waals surface area contributed by atoms with Crippen molar-refractivity contribution < 1.29 is 15.0 Å². The minimum absolute atomic E-state index is 0.0991. The molecule has 2 aromatic rings. The number of alkyl halides is 1. The van der Waals surface area contributed by atoms with E-state index in [1.807, 2.05) is 0 Å². The van der Waals surface area contributed by atoms with Crippen LogP contribution in [0.3, 0.4) is 0 Å². The number of H-pyrrole nitrogens is 1. The van der Waals surface area contributed by atoms with Crippen molar-refractivity contribution in [1.29, 1.82) is 0 Å². The molecule has 1 unspecified atom stereocenters. The van der Waals surface area contributed by atoms with Gasteiger partial charge in [-0.1, -0.05) is 6.07 Å². The van der Waals surface area contributed by atoms with Crippen molar-refractivity contribution in [3.05, 3.63) is 29.6 Å². The number of aliphatic hydroxyl groups is 1. The van der Waals surface area contributed by atoms with Crippen LogP contribution in [0.15, 0.2) is 18.5 Å². The Morgan fingerprint density at radius 3 is 2.94 bits per heavy atom. The molecular weight excluding hydrogens is 232 g/mol. The number of aromatic nitrogens is 2. The predicted molar refractivity (Wildman–Crippen MR) is 58.2 cm³/mol. The lowest BCUT2D eigenvalue weighted by atomic mass is 10.0. The number of aliphatic carboxylic acids is 1. The normalized spacial score (nSPS) is 12.9. The second kappa shape index (κ2) is 4.11. The van der Waals surface area contributed by atoms with E-state index in [2.05, 4.69) is 9.97 Å². The van der Waals surface area contributed by atoms with Crippen LogP contribution in [0.5, 0.6) is 0 Å². The van der Waals surface area contributed by atoms with Crippen LogP contribution >= 0.6 is 11.6 Å². The molecular formula is C10H9ClN2O3. The zero-order valence-corrected chi connectivity index (χ0v) is 8.90. The summed E-state index contributed by atoms with van der Waals surface area (Å²) in [6.45, 7) is 0. The van der Waals surface area contributed by atoms with E-state index in [0.717, 1.165) is 5.52 Å². The Labute approximate surface area is 95.7 Å². The third-order valence-corrected chi connectivity index (χ3v) is 2.66. The third-order valence-electron chi connectivity index (χ3n) is 2.39. The number of aromatic amines is 1. The minimum atomic E-state index is -1.57. The Morgan fingerprint density at radius 2 is 2.31 bits per heavy atom. The Bertz CT molecular complexity index is 538. The molecule has 0 radical (unpaired) electrons. The molecule has 2 rings (SSSR count). The number of aliphatic hydroxyl groups excluding tert-OH is 1. The van der Waals surface area contributed by atoms with Crippen LogP contribution in [-0.2, 0) is 10.7 Å². The molecule has 3 N–H and O–H groups in total.